The van der Waals surface area contributed by atoms with Crippen LogP contribution in [0.3, 0.4) is 0 Å². The molecule has 15 heavy (non-hydrogen) atoms. The molecule has 0 aromatic heterocycles. The van der Waals surface area contributed by atoms with Crippen LogP contribution in [-0.4, -0.2) is 66.9 Å². The monoisotopic (exact) mass is 237 g/mol. The van der Waals surface area contributed by atoms with Crippen molar-refractivity contribution in [2.75, 3.05) is 31.2 Å². The molecule has 1 saturated heterocycles. The summed E-state index contributed by atoms with van der Waals surface area (Å²) in [6.45, 7) is 3.34. The lowest BCUT2D eigenvalue weighted by atomic mass is 10.1. The fourth-order valence-corrected chi connectivity index (χ4v) is 3.82. The molecular formula is C9H19NO4S. The van der Waals surface area contributed by atoms with E-state index >= 15 is 0 Å². The Hall–Kier alpha value is -0.170. The first kappa shape index (κ1) is 12.9. The number of likely N-dealkylation sites (N-methyl/N-ethyl adjacent to an activating group) is 1. The standard InChI is InChI=1S/C9H19NO4S/c1-2-10(4-3-5-11)8-6-15(13,14)7-9(8)12/h8-9,11-12H,2-7H2,1H3. The van der Waals surface area contributed by atoms with Gasteiger partial charge in [-0.3, -0.25) is 4.90 Å². The van der Waals surface area contributed by atoms with E-state index in [0.29, 0.717) is 19.5 Å². The molecule has 1 aliphatic heterocycles. The molecule has 5 nitrogen and oxygen atoms in total. The quantitative estimate of drug-likeness (QED) is 0.631. The molecule has 2 atom stereocenters. The highest BCUT2D eigenvalue weighted by molar-refractivity contribution is 7.91. The van der Waals surface area contributed by atoms with E-state index in [2.05, 4.69) is 0 Å². The van der Waals surface area contributed by atoms with Gasteiger partial charge in [-0.05, 0) is 13.0 Å². The molecule has 2 unspecified atom stereocenters. The second-order valence-corrected chi connectivity index (χ2v) is 6.07. The Morgan fingerprint density at radius 3 is 2.47 bits per heavy atom. The number of rotatable bonds is 5. The van der Waals surface area contributed by atoms with Crippen LogP contribution in [0.5, 0.6) is 0 Å². The summed E-state index contributed by atoms with van der Waals surface area (Å²) in [5.74, 6) is -0.0965. The van der Waals surface area contributed by atoms with Crippen molar-refractivity contribution >= 4 is 9.84 Å². The highest BCUT2D eigenvalue weighted by atomic mass is 32.2. The van der Waals surface area contributed by atoms with Crippen LogP contribution in [0.4, 0.5) is 0 Å². The van der Waals surface area contributed by atoms with Gasteiger partial charge in [-0.2, -0.15) is 0 Å². The van der Waals surface area contributed by atoms with Gasteiger partial charge in [0.15, 0.2) is 9.84 Å². The molecule has 1 rings (SSSR count). The molecule has 0 aromatic carbocycles. The third-order valence-corrected chi connectivity index (χ3v) is 4.47. The third-order valence-electron chi connectivity index (χ3n) is 2.77. The van der Waals surface area contributed by atoms with Crippen LogP contribution in [0.15, 0.2) is 0 Å². The van der Waals surface area contributed by atoms with Crippen LogP contribution in [0.2, 0.25) is 0 Å². The number of hydrogen-bond acceptors (Lipinski definition) is 5. The predicted molar refractivity (Wildman–Crippen MR) is 57.4 cm³/mol. The van der Waals surface area contributed by atoms with Gasteiger partial charge in [-0.15, -0.1) is 0 Å². The Kier molecular flexibility index (Phi) is 4.51. The van der Waals surface area contributed by atoms with Gasteiger partial charge in [-0.25, -0.2) is 8.42 Å². The van der Waals surface area contributed by atoms with Crippen molar-refractivity contribution in [2.24, 2.45) is 0 Å². The second kappa shape index (κ2) is 5.25. The van der Waals surface area contributed by atoms with E-state index in [0.717, 1.165) is 0 Å². The lowest BCUT2D eigenvalue weighted by Gasteiger charge is -2.28. The lowest BCUT2D eigenvalue weighted by molar-refractivity contribution is 0.0818. The van der Waals surface area contributed by atoms with Crippen LogP contribution >= 0.6 is 0 Å². The van der Waals surface area contributed by atoms with Crippen molar-refractivity contribution in [3.63, 3.8) is 0 Å². The Balaban J connectivity index is 2.61. The zero-order valence-electron chi connectivity index (χ0n) is 8.96. The van der Waals surface area contributed by atoms with Gasteiger partial charge in [0.05, 0.1) is 23.7 Å². The minimum atomic E-state index is -3.08. The Morgan fingerprint density at radius 1 is 1.40 bits per heavy atom. The van der Waals surface area contributed by atoms with Crippen molar-refractivity contribution in [2.45, 2.75) is 25.5 Å². The van der Waals surface area contributed by atoms with E-state index in [4.69, 9.17) is 5.11 Å². The highest BCUT2D eigenvalue weighted by Crippen LogP contribution is 2.18. The fraction of sp³-hybridized carbons (Fsp3) is 1.00. The topological polar surface area (TPSA) is 77.8 Å². The Bertz CT molecular complexity index is 290. The van der Waals surface area contributed by atoms with Crippen LogP contribution in [0.25, 0.3) is 0 Å². The van der Waals surface area contributed by atoms with Crippen molar-refractivity contribution in [1.29, 1.82) is 0 Å². The minimum absolute atomic E-state index is 0.0352. The summed E-state index contributed by atoms with van der Waals surface area (Å²) in [5, 5.41) is 18.4. The molecular weight excluding hydrogens is 218 g/mol. The van der Waals surface area contributed by atoms with Crippen LogP contribution in [0, 0.1) is 0 Å². The molecule has 6 heteroatoms. The molecule has 1 heterocycles. The number of hydrogen-bond donors (Lipinski definition) is 2. The van der Waals surface area contributed by atoms with Crippen LogP contribution in [-0.2, 0) is 9.84 Å². The summed E-state index contributed by atoms with van der Waals surface area (Å²) < 4.78 is 22.6. The average molecular weight is 237 g/mol. The van der Waals surface area contributed by atoms with Gasteiger partial charge in [0.25, 0.3) is 0 Å². The van der Waals surface area contributed by atoms with E-state index in [1.54, 1.807) is 0 Å². The van der Waals surface area contributed by atoms with Gasteiger partial charge in [-0.1, -0.05) is 6.92 Å². The first-order valence-corrected chi connectivity index (χ1v) is 7.05. The summed E-state index contributed by atoms with van der Waals surface area (Å²) in [6, 6.07) is -0.299. The molecule has 90 valence electrons. The van der Waals surface area contributed by atoms with Crippen LogP contribution < -0.4 is 0 Å². The average Bonchev–Trinajstić information content (AvgIpc) is 2.42. The van der Waals surface area contributed by atoms with Crippen LogP contribution in [0.1, 0.15) is 13.3 Å². The normalized spacial score (nSPS) is 29.9. The molecule has 0 aromatic rings. The first-order chi connectivity index (χ1) is 7.00. The van der Waals surface area contributed by atoms with Gasteiger partial charge < -0.3 is 10.2 Å². The van der Waals surface area contributed by atoms with E-state index in [1.807, 2.05) is 11.8 Å². The molecule has 2 N–H and O–H groups in total. The summed E-state index contributed by atoms with van der Waals surface area (Å²) in [6.07, 6.45) is -0.175. The maximum Gasteiger partial charge on any atom is 0.154 e. The minimum Gasteiger partial charge on any atom is -0.396 e. The third kappa shape index (κ3) is 3.41. The van der Waals surface area contributed by atoms with Gasteiger partial charge >= 0.3 is 0 Å². The van der Waals surface area contributed by atoms with E-state index in [1.165, 1.54) is 0 Å². The number of aliphatic hydroxyl groups is 2. The van der Waals surface area contributed by atoms with Crippen molar-refractivity contribution < 1.29 is 18.6 Å². The number of sulfone groups is 1. The molecule has 0 bridgehead atoms. The predicted octanol–water partition coefficient (Wildman–Crippen LogP) is -1.15. The number of nitrogens with zero attached hydrogens (tertiary/aromatic N) is 1. The zero-order valence-corrected chi connectivity index (χ0v) is 9.78. The Morgan fingerprint density at radius 2 is 2.07 bits per heavy atom. The van der Waals surface area contributed by atoms with E-state index < -0.39 is 15.9 Å². The fourth-order valence-electron chi connectivity index (χ4n) is 1.99. The smallest absolute Gasteiger partial charge is 0.154 e. The first-order valence-electron chi connectivity index (χ1n) is 5.23. The number of aliphatic hydroxyl groups excluding tert-OH is 2. The van der Waals surface area contributed by atoms with Gasteiger partial charge in [0, 0.05) is 13.2 Å². The molecule has 1 fully saturated rings. The summed E-state index contributed by atoms with van der Waals surface area (Å²) >= 11 is 0. The summed E-state index contributed by atoms with van der Waals surface area (Å²) in [7, 11) is -3.08. The maximum absolute atomic E-state index is 11.3. The molecule has 0 spiro atoms. The summed E-state index contributed by atoms with van der Waals surface area (Å²) in [5.41, 5.74) is 0. The van der Waals surface area contributed by atoms with Gasteiger partial charge in [0.2, 0.25) is 0 Å². The van der Waals surface area contributed by atoms with Crippen molar-refractivity contribution in [3.05, 3.63) is 0 Å². The molecule has 1 aliphatic rings. The second-order valence-electron chi connectivity index (χ2n) is 3.92. The highest BCUT2D eigenvalue weighted by Gasteiger charge is 2.39. The SMILES string of the molecule is CCN(CCCO)C1CS(=O)(=O)CC1O. The zero-order chi connectivity index (χ0) is 11.5. The molecule has 0 aliphatic carbocycles. The van der Waals surface area contributed by atoms with E-state index in [-0.39, 0.29) is 24.2 Å². The summed E-state index contributed by atoms with van der Waals surface area (Å²) in [4.78, 5) is 1.92. The lowest BCUT2D eigenvalue weighted by Crippen LogP contribution is -2.43. The molecule has 0 saturated carbocycles. The van der Waals surface area contributed by atoms with Crippen molar-refractivity contribution in [1.82, 2.24) is 4.90 Å². The Labute approximate surface area is 90.6 Å². The molecule has 0 amide bonds. The molecule has 0 radical (unpaired) electrons. The van der Waals surface area contributed by atoms with E-state index in [9.17, 15) is 13.5 Å². The maximum atomic E-state index is 11.3. The van der Waals surface area contributed by atoms with Gasteiger partial charge in [0.1, 0.15) is 0 Å². The largest absolute Gasteiger partial charge is 0.396 e. The van der Waals surface area contributed by atoms with Crippen molar-refractivity contribution in [3.8, 4) is 0 Å².